The third-order valence-electron chi connectivity index (χ3n) is 6.84. The Morgan fingerprint density at radius 3 is 2.75 bits per heavy atom. The molecule has 180 valence electrons. The normalized spacial score (nSPS) is 16.3. The molecule has 0 atom stereocenters. The van der Waals surface area contributed by atoms with Gasteiger partial charge in [-0.25, -0.2) is 14.6 Å². The molecule has 6 rings (SSSR count). The first-order valence-electron chi connectivity index (χ1n) is 11.6. The van der Waals surface area contributed by atoms with Gasteiger partial charge in [0, 0.05) is 30.6 Å². The number of carbonyl (C=O) groups excluding carboxylic acids is 2. The quantitative estimate of drug-likeness (QED) is 0.404. The summed E-state index contributed by atoms with van der Waals surface area (Å²) >= 11 is 0. The van der Waals surface area contributed by atoms with Crippen LogP contribution in [0.3, 0.4) is 0 Å². The molecule has 5 heterocycles. The van der Waals surface area contributed by atoms with Crippen molar-refractivity contribution in [1.29, 1.82) is 0 Å². The topological polar surface area (TPSA) is 135 Å². The number of anilines is 1. The summed E-state index contributed by atoms with van der Waals surface area (Å²) in [7, 11) is 0. The largest absolute Gasteiger partial charge is 0.338 e. The highest BCUT2D eigenvalue weighted by molar-refractivity contribution is 6.02. The van der Waals surface area contributed by atoms with Crippen molar-refractivity contribution in [3.8, 4) is 17.1 Å². The third-order valence-corrected chi connectivity index (χ3v) is 6.84. The Hall–Kier alpha value is -4.67. The molecule has 0 aromatic carbocycles. The number of likely N-dealkylation sites (tertiary alicyclic amines) is 1. The predicted molar refractivity (Wildman–Crippen MR) is 130 cm³/mol. The number of H-pyrrole nitrogens is 1. The molecule has 0 bridgehead atoms. The second kappa shape index (κ2) is 8.52. The molecule has 0 unspecified atom stereocenters. The van der Waals surface area contributed by atoms with Crippen LogP contribution < -0.4 is 5.32 Å². The van der Waals surface area contributed by atoms with Crippen molar-refractivity contribution in [1.82, 2.24) is 40.1 Å². The van der Waals surface area contributed by atoms with E-state index in [-0.39, 0.29) is 22.9 Å². The Morgan fingerprint density at radius 2 is 2.03 bits per heavy atom. The van der Waals surface area contributed by atoms with Crippen molar-refractivity contribution in [2.75, 3.05) is 18.4 Å². The Labute approximate surface area is 206 Å². The smallest absolute Gasteiger partial charge is 0.275 e. The number of amides is 2. The first-order chi connectivity index (χ1) is 17.5. The van der Waals surface area contributed by atoms with Crippen molar-refractivity contribution >= 4 is 17.6 Å². The summed E-state index contributed by atoms with van der Waals surface area (Å²) in [5.74, 6) is 0.391. The molecule has 4 aromatic heterocycles. The van der Waals surface area contributed by atoms with Gasteiger partial charge in [-0.15, -0.1) is 5.10 Å². The summed E-state index contributed by atoms with van der Waals surface area (Å²) in [6, 6.07) is 10.5. The Kier molecular flexibility index (Phi) is 5.17. The first-order valence-corrected chi connectivity index (χ1v) is 11.6. The van der Waals surface area contributed by atoms with Crippen LogP contribution in [0.4, 0.5) is 5.82 Å². The van der Waals surface area contributed by atoms with Crippen LogP contribution in [0.15, 0.2) is 67.6 Å². The molecule has 0 radical (unpaired) electrons. The van der Waals surface area contributed by atoms with Crippen molar-refractivity contribution in [3.05, 3.63) is 79.0 Å². The van der Waals surface area contributed by atoms with Gasteiger partial charge in [-0.3, -0.25) is 14.7 Å². The summed E-state index contributed by atoms with van der Waals surface area (Å²) in [6.07, 6.45) is 8.57. The molecule has 2 amide bonds. The molecule has 4 aromatic rings. The maximum Gasteiger partial charge on any atom is 0.275 e. The Morgan fingerprint density at radius 1 is 1.17 bits per heavy atom. The van der Waals surface area contributed by atoms with Crippen molar-refractivity contribution in [3.63, 3.8) is 0 Å². The number of carbonyl (C=O) groups is 2. The van der Waals surface area contributed by atoms with Gasteiger partial charge in [-0.2, -0.15) is 5.10 Å². The lowest BCUT2D eigenvalue weighted by atomic mass is 9.57. The fourth-order valence-electron chi connectivity index (χ4n) is 4.98. The average molecular weight is 482 g/mol. The van der Waals surface area contributed by atoms with E-state index in [0.717, 1.165) is 43.0 Å². The number of aromatic amines is 1. The van der Waals surface area contributed by atoms with Gasteiger partial charge in [0.15, 0.2) is 0 Å². The van der Waals surface area contributed by atoms with Gasteiger partial charge in [-0.05, 0) is 49.2 Å². The van der Waals surface area contributed by atoms with Crippen LogP contribution in [0, 0.1) is 5.41 Å². The highest BCUT2D eigenvalue weighted by Gasteiger charge is 2.54. The van der Waals surface area contributed by atoms with E-state index in [0.29, 0.717) is 17.4 Å². The van der Waals surface area contributed by atoms with Crippen LogP contribution in [0.1, 0.15) is 34.9 Å². The first kappa shape index (κ1) is 21.8. The van der Waals surface area contributed by atoms with Crippen LogP contribution in [-0.4, -0.2) is 65.0 Å². The van der Waals surface area contributed by atoms with E-state index in [1.807, 2.05) is 17.2 Å². The van der Waals surface area contributed by atoms with E-state index in [1.165, 1.54) is 6.08 Å². The molecule has 2 N–H and O–H groups in total. The third kappa shape index (κ3) is 3.94. The lowest BCUT2D eigenvalue weighted by molar-refractivity contribution is -0.146. The molecule has 2 fully saturated rings. The molecule has 2 aliphatic rings. The molecule has 1 saturated carbocycles. The lowest BCUT2D eigenvalue weighted by Crippen LogP contribution is -2.62. The van der Waals surface area contributed by atoms with Gasteiger partial charge in [-0.1, -0.05) is 17.9 Å². The van der Waals surface area contributed by atoms with Crippen LogP contribution in [0.2, 0.25) is 0 Å². The zero-order chi connectivity index (χ0) is 24.7. The number of rotatable bonds is 6. The summed E-state index contributed by atoms with van der Waals surface area (Å²) in [4.78, 5) is 34.9. The molecular formula is C25H23N9O2. The Balaban J connectivity index is 1.07. The van der Waals surface area contributed by atoms with Gasteiger partial charge in [0.2, 0.25) is 5.91 Å². The van der Waals surface area contributed by atoms with Gasteiger partial charge in [0.25, 0.3) is 5.91 Å². The van der Waals surface area contributed by atoms with E-state index >= 15 is 0 Å². The van der Waals surface area contributed by atoms with E-state index in [1.54, 1.807) is 47.4 Å². The van der Waals surface area contributed by atoms with Gasteiger partial charge >= 0.3 is 0 Å². The molecule has 1 spiro atoms. The van der Waals surface area contributed by atoms with Crippen molar-refractivity contribution in [2.24, 2.45) is 5.41 Å². The zero-order valence-corrected chi connectivity index (χ0v) is 19.3. The minimum absolute atomic E-state index is 0.000988. The second-order valence-electron chi connectivity index (χ2n) is 9.33. The van der Waals surface area contributed by atoms with Crippen molar-refractivity contribution in [2.45, 2.75) is 18.8 Å². The SMILES string of the molecule is C=CC(=O)N1CC2(CC(c3cn(-c4ccc(NC(=O)c5cccc(-c6ccn[nH]6)n5)nc4)nn3)C2)C1. The predicted octanol–water partition coefficient (Wildman–Crippen LogP) is 2.59. The number of hydrogen-bond donors (Lipinski definition) is 2. The van der Waals surface area contributed by atoms with Gasteiger partial charge < -0.3 is 10.2 Å². The molecule has 1 saturated heterocycles. The molecule has 1 aliphatic heterocycles. The van der Waals surface area contributed by atoms with Crippen molar-refractivity contribution < 1.29 is 9.59 Å². The highest BCUT2D eigenvalue weighted by atomic mass is 16.2. The summed E-state index contributed by atoms with van der Waals surface area (Å²) in [5.41, 5.74) is 3.54. The number of nitrogens with zero attached hydrogens (tertiary/aromatic N) is 7. The van der Waals surface area contributed by atoms with E-state index in [4.69, 9.17) is 0 Å². The molecule has 11 nitrogen and oxygen atoms in total. The van der Waals surface area contributed by atoms with Crippen LogP contribution in [0.5, 0.6) is 0 Å². The number of nitrogens with one attached hydrogen (secondary N) is 2. The number of hydrogen-bond acceptors (Lipinski definition) is 7. The van der Waals surface area contributed by atoms with Crippen LogP contribution in [0.25, 0.3) is 17.1 Å². The minimum atomic E-state index is -0.358. The fraction of sp³-hybridized carbons (Fsp3) is 0.240. The van der Waals surface area contributed by atoms with Gasteiger partial charge in [0.05, 0.1) is 35.2 Å². The maximum atomic E-state index is 12.7. The number of aromatic nitrogens is 7. The van der Waals surface area contributed by atoms with E-state index in [9.17, 15) is 9.59 Å². The fourth-order valence-corrected chi connectivity index (χ4v) is 4.98. The molecule has 36 heavy (non-hydrogen) atoms. The monoisotopic (exact) mass is 481 g/mol. The number of pyridine rings is 2. The molecule has 11 heteroatoms. The summed E-state index contributed by atoms with van der Waals surface area (Å²) in [5, 5.41) is 18.1. The maximum absolute atomic E-state index is 12.7. The minimum Gasteiger partial charge on any atom is -0.338 e. The summed E-state index contributed by atoms with van der Waals surface area (Å²) in [6.45, 7) is 5.14. The zero-order valence-electron chi connectivity index (χ0n) is 19.3. The lowest BCUT2D eigenvalue weighted by Gasteiger charge is -2.58. The highest BCUT2D eigenvalue weighted by Crippen LogP contribution is 2.55. The van der Waals surface area contributed by atoms with Crippen LogP contribution in [-0.2, 0) is 4.79 Å². The molecule has 1 aliphatic carbocycles. The summed E-state index contributed by atoms with van der Waals surface area (Å²) < 4.78 is 1.68. The van der Waals surface area contributed by atoms with Crippen LogP contribution >= 0.6 is 0 Å². The second-order valence-corrected chi connectivity index (χ2v) is 9.33. The molecular weight excluding hydrogens is 458 g/mol. The average Bonchev–Trinajstić information content (AvgIpc) is 3.56. The van der Waals surface area contributed by atoms with Gasteiger partial charge in [0.1, 0.15) is 11.5 Å². The standard InChI is InChI=1S/C25H23N9O2/c1-2-23(35)33-14-25(15-33)10-16(11-25)21-13-34(32-31-21)17-6-7-22(26-12-17)29-24(36)20-5-3-4-18(28-20)19-8-9-27-30-19/h2-9,12-13,16H,1,10-11,14-15H2,(H,27,30)(H,26,29,36). The van der Waals surface area contributed by atoms with E-state index < -0.39 is 0 Å². The Bertz CT molecular complexity index is 1430. The van der Waals surface area contributed by atoms with E-state index in [2.05, 4.69) is 42.4 Å².